The number of aromatic nitrogens is 3. The predicted octanol–water partition coefficient (Wildman–Crippen LogP) is 2.62. The number of nitrogens with zero attached hydrogens (tertiary/aromatic N) is 3. The summed E-state index contributed by atoms with van der Waals surface area (Å²) >= 11 is 0. The summed E-state index contributed by atoms with van der Waals surface area (Å²) < 4.78 is 1.18. The third-order valence-electron chi connectivity index (χ3n) is 4.23. The van der Waals surface area contributed by atoms with Gasteiger partial charge in [-0.2, -0.15) is 4.68 Å². The number of carbonyl (C=O) groups is 1. The van der Waals surface area contributed by atoms with E-state index in [0.717, 1.165) is 5.56 Å². The van der Waals surface area contributed by atoms with Gasteiger partial charge in [0.25, 0.3) is 5.56 Å². The van der Waals surface area contributed by atoms with Crippen molar-refractivity contribution in [1.29, 1.82) is 0 Å². The van der Waals surface area contributed by atoms with Gasteiger partial charge in [0.1, 0.15) is 11.6 Å². The Morgan fingerprint density at radius 1 is 1.12 bits per heavy atom. The lowest BCUT2D eigenvalue weighted by atomic mass is 10.1. The summed E-state index contributed by atoms with van der Waals surface area (Å²) in [6.45, 7) is 3.76. The fourth-order valence-electron chi connectivity index (χ4n) is 2.81. The number of hydrogen-bond donors (Lipinski definition) is 1. The quantitative estimate of drug-likeness (QED) is 0.777. The first-order valence-electron chi connectivity index (χ1n) is 8.31. The van der Waals surface area contributed by atoms with Gasteiger partial charge in [0.05, 0.1) is 11.4 Å². The molecule has 1 aromatic heterocycles. The molecule has 0 spiro atoms. The number of benzene rings is 2. The molecule has 3 aromatic rings. The minimum absolute atomic E-state index is 0.160. The largest absolute Gasteiger partial charge is 0.348 e. The van der Waals surface area contributed by atoms with Crippen LogP contribution in [0.1, 0.15) is 37.9 Å². The smallest absolute Gasteiger partial charge is 0.278 e. The van der Waals surface area contributed by atoms with Gasteiger partial charge in [-0.1, -0.05) is 54.6 Å². The molecule has 6 heteroatoms. The Hall–Kier alpha value is -3.02. The molecular weight excluding hydrogens is 316 g/mol. The van der Waals surface area contributed by atoms with Gasteiger partial charge in [0.15, 0.2) is 0 Å². The standard InChI is InChI=1S/C19H20N4O2/c1-3-17(18(24)20-13(2)14-9-5-4-6-10-14)23-19(25)15-11-7-8-12-16(15)21-22-23/h4-13,17H,3H2,1-2H3,(H,20,24)/t13-,17+/m1/s1. The summed E-state index contributed by atoms with van der Waals surface area (Å²) in [6, 6.07) is 15.8. The molecule has 25 heavy (non-hydrogen) atoms. The van der Waals surface area contributed by atoms with Crippen LogP contribution >= 0.6 is 0 Å². The van der Waals surface area contributed by atoms with E-state index >= 15 is 0 Å². The molecule has 0 aliphatic carbocycles. The highest BCUT2D eigenvalue weighted by Crippen LogP contribution is 2.15. The Morgan fingerprint density at radius 3 is 2.52 bits per heavy atom. The van der Waals surface area contributed by atoms with Crippen molar-refractivity contribution in [3.63, 3.8) is 0 Å². The van der Waals surface area contributed by atoms with Crippen molar-refractivity contribution in [2.24, 2.45) is 0 Å². The summed E-state index contributed by atoms with van der Waals surface area (Å²) in [5.41, 5.74) is 1.22. The Morgan fingerprint density at radius 2 is 1.80 bits per heavy atom. The maximum Gasteiger partial charge on any atom is 0.278 e. The fraction of sp³-hybridized carbons (Fsp3) is 0.263. The van der Waals surface area contributed by atoms with Crippen LogP contribution in [0.3, 0.4) is 0 Å². The van der Waals surface area contributed by atoms with Crippen LogP contribution < -0.4 is 10.9 Å². The molecule has 0 unspecified atom stereocenters. The molecule has 2 aromatic carbocycles. The summed E-state index contributed by atoms with van der Waals surface area (Å²) in [6.07, 6.45) is 0.445. The van der Waals surface area contributed by atoms with Crippen LogP contribution in [0.2, 0.25) is 0 Å². The summed E-state index contributed by atoms with van der Waals surface area (Å²) in [4.78, 5) is 25.4. The van der Waals surface area contributed by atoms with E-state index in [4.69, 9.17) is 0 Å². The normalized spacial score (nSPS) is 13.4. The molecule has 128 valence electrons. The van der Waals surface area contributed by atoms with Crippen molar-refractivity contribution in [3.8, 4) is 0 Å². The second-order valence-electron chi connectivity index (χ2n) is 5.92. The highest BCUT2D eigenvalue weighted by Gasteiger charge is 2.23. The molecule has 3 rings (SSSR count). The highest BCUT2D eigenvalue weighted by molar-refractivity contribution is 5.81. The van der Waals surface area contributed by atoms with Gasteiger partial charge in [0.2, 0.25) is 5.91 Å². The summed E-state index contributed by atoms with van der Waals surface area (Å²) in [7, 11) is 0. The van der Waals surface area contributed by atoms with Crippen molar-refractivity contribution < 1.29 is 4.79 Å². The van der Waals surface area contributed by atoms with Gasteiger partial charge < -0.3 is 5.32 Å². The fourth-order valence-corrected chi connectivity index (χ4v) is 2.81. The van der Waals surface area contributed by atoms with Crippen LogP contribution in [0, 0.1) is 0 Å². The molecule has 6 nitrogen and oxygen atoms in total. The van der Waals surface area contributed by atoms with E-state index in [0.29, 0.717) is 17.3 Å². The van der Waals surface area contributed by atoms with Crippen LogP contribution in [0.4, 0.5) is 0 Å². The molecule has 0 bridgehead atoms. The number of amides is 1. The van der Waals surface area contributed by atoms with E-state index < -0.39 is 6.04 Å². The summed E-state index contributed by atoms with van der Waals surface area (Å²) in [5, 5.41) is 11.4. The first-order chi connectivity index (χ1) is 12.1. The molecule has 0 radical (unpaired) electrons. The lowest BCUT2D eigenvalue weighted by Crippen LogP contribution is -2.39. The number of rotatable bonds is 5. The number of nitrogens with one attached hydrogen (secondary N) is 1. The molecule has 1 heterocycles. The van der Waals surface area contributed by atoms with Gasteiger partial charge in [-0.15, -0.1) is 5.10 Å². The topological polar surface area (TPSA) is 76.9 Å². The van der Waals surface area contributed by atoms with Crippen molar-refractivity contribution in [3.05, 3.63) is 70.5 Å². The van der Waals surface area contributed by atoms with E-state index in [1.807, 2.05) is 44.2 Å². The Labute approximate surface area is 145 Å². The maximum absolute atomic E-state index is 12.7. The van der Waals surface area contributed by atoms with Gasteiger partial charge in [-0.05, 0) is 31.0 Å². The molecule has 2 atom stereocenters. The average molecular weight is 336 g/mol. The van der Waals surface area contributed by atoms with E-state index in [9.17, 15) is 9.59 Å². The monoisotopic (exact) mass is 336 g/mol. The van der Waals surface area contributed by atoms with Crippen LogP contribution in [0.5, 0.6) is 0 Å². The number of hydrogen-bond acceptors (Lipinski definition) is 4. The maximum atomic E-state index is 12.7. The molecule has 0 saturated heterocycles. The Balaban J connectivity index is 1.88. The van der Waals surface area contributed by atoms with Crippen LogP contribution in [0.15, 0.2) is 59.4 Å². The lowest BCUT2D eigenvalue weighted by Gasteiger charge is -2.20. The first-order valence-corrected chi connectivity index (χ1v) is 8.31. The van der Waals surface area contributed by atoms with E-state index in [-0.39, 0.29) is 17.5 Å². The third kappa shape index (κ3) is 3.42. The molecule has 0 aliphatic heterocycles. The Bertz CT molecular complexity index is 937. The minimum atomic E-state index is -0.698. The van der Waals surface area contributed by atoms with Gasteiger partial charge in [0, 0.05) is 0 Å². The SMILES string of the molecule is CC[C@@H](C(=O)N[C@H](C)c1ccccc1)n1nnc2ccccc2c1=O. The molecular formula is C19H20N4O2. The van der Waals surface area contributed by atoms with Gasteiger partial charge in [-0.25, -0.2) is 0 Å². The number of carbonyl (C=O) groups excluding carboxylic acids is 1. The summed E-state index contributed by atoms with van der Waals surface area (Å²) in [5.74, 6) is -0.245. The lowest BCUT2D eigenvalue weighted by molar-refractivity contribution is -0.125. The van der Waals surface area contributed by atoms with Crippen molar-refractivity contribution in [2.45, 2.75) is 32.4 Å². The van der Waals surface area contributed by atoms with E-state index in [1.165, 1.54) is 4.68 Å². The minimum Gasteiger partial charge on any atom is -0.348 e. The van der Waals surface area contributed by atoms with Crippen LogP contribution in [-0.4, -0.2) is 20.9 Å². The predicted molar refractivity (Wildman–Crippen MR) is 96.1 cm³/mol. The van der Waals surface area contributed by atoms with Crippen LogP contribution in [-0.2, 0) is 4.79 Å². The van der Waals surface area contributed by atoms with Gasteiger partial charge >= 0.3 is 0 Å². The zero-order valence-electron chi connectivity index (χ0n) is 14.2. The second kappa shape index (κ2) is 7.25. The van der Waals surface area contributed by atoms with Crippen molar-refractivity contribution in [2.75, 3.05) is 0 Å². The van der Waals surface area contributed by atoms with E-state index in [2.05, 4.69) is 15.6 Å². The molecule has 1 N–H and O–H groups in total. The Kier molecular flexibility index (Phi) is 4.88. The van der Waals surface area contributed by atoms with Crippen LogP contribution in [0.25, 0.3) is 10.9 Å². The highest BCUT2D eigenvalue weighted by atomic mass is 16.2. The molecule has 0 aliphatic rings. The third-order valence-corrected chi connectivity index (χ3v) is 4.23. The average Bonchev–Trinajstić information content (AvgIpc) is 2.65. The van der Waals surface area contributed by atoms with Gasteiger partial charge in [-0.3, -0.25) is 9.59 Å². The molecule has 0 saturated carbocycles. The van der Waals surface area contributed by atoms with Crippen molar-refractivity contribution >= 4 is 16.8 Å². The molecule has 0 fully saturated rings. The zero-order chi connectivity index (χ0) is 17.8. The van der Waals surface area contributed by atoms with Crippen molar-refractivity contribution in [1.82, 2.24) is 20.3 Å². The van der Waals surface area contributed by atoms with E-state index in [1.54, 1.807) is 24.3 Å². The molecule has 1 amide bonds. The first kappa shape index (κ1) is 16.8. The second-order valence-corrected chi connectivity index (χ2v) is 5.92. The number of fused-ring (bicyclic) bond motifs is 1. The zero-order valence-corrected chi connectivity index (χ0v) is 14.2.